The fourth-order valence-electron chi connectivity index (χ4n) is 3.41. The Kier molecular flexibility index (Phi) is 6.71. The molecule has 146 valence electrons. The summed E-state index contributed by atoms with van der Waals surface area (Å²) in [6, 6.07) is 9.44. The number of carbonyl (C=O) groups is 1. The molecular weight excluding hydrogens is 364 g/mol. The minimum absolute atomic E-state index is 0.0685. The number of morpholine rings is 1. The smallest absolute Gasteiger partial charge is 0.255 e. The van der Waals surface area contributed by atoms with Crippen LogP contribution in [0.5, 0.6) is 11.5 Å². The normalized spacial score (nSPS) is 17.1. The maximum atomic E-state index is 12.9. The summed E-state index contributed by atoms with van der Waals surface area (Å²) in [5.41, 5.74) is 0.497. The highest BCUT2D eigenvalue weighted by Crippen LogP contribution is 2.30. The predicted molar refractivity (Wildman–Crippen MR) is 106 cm³/mol. The minimum Gasteiger partial charge on any atom is -0.497 e. The topological polar surface area (TPSA) is 60.0 Å². The molecule has 1 aliphatic rings. The molecule has 3 rings (SSSR count). The fraction of sp³-hybridized carbons (Fsp3) is 0.450. The Balaban J connectivity index is 1.79. The van der Waals surface area contributed by atoms with Crippen LogP contribution in [0.2, 0.25) is 0 Å². The molecule has 0 aliphatic carbocycles. The van der Waals surface area contributed by atoms with Gasteiger partial charge in [-0.3, -0.25) is 9.69 Å². The molecule has 1 saturated heterocycles. The van der Waals surface area contributed by atoms with E-state index in [9.17, 15) is 4.79 Å². The lowest BCUT2D eigenvalue weighted by Crippen LogP contribution is -2.48. The van der Waals surface area contributed by atoms with E-state index in [0.717, 1.165) is 26.3 Å². The van der Waals surface area contributed by atoms with Crippen molar-refractivity contribution in [3.8, 4) is 11.5 Å². The van der Waals surface area contributed by atoms with Crippen LogP contribution >= 0.6 is 11.3 Å². The summed E-state index contributed by atoms with van der Waals surface area (Å²) < 4.78 is 16.1. The van der Waals surface area contributed by atoms with E-state index >= 15 is 0 Å². The van der Waals surface area contributed by atoms with Gasteiger partial charge in [0.2, 0.25) is 0 Å². The maximum absolute atomic E-state index is 12.9. The molecule has 2 aromatic rings. The molecule has 1 N–H and O–H groups in total. The highest BCUT2D eigenvalue weighted by molar-refractivity contribution is 7.10. The van der Waals surface area contributed by atoms with Gasteiger partial charge in [-0.2, -0.15) is 0 Å². The zero-order valence-corrected chi connectivity index (χ0v) is 16.8. The zero-order chi connectivity index (χ0) is 19.2. The van der Waals surface area contributed by atoms with Gasteiger partial charge in [0.05, 0.1) is 39.0 Å². The van der Waals surface area contributed by atoms with Gasteiger partial charge in [-0.1, -0.05) is 6.07 Å². The van der Waals surface area contributed by atoms with Crippen LogP contribution in [0.3, 0.4) is 0 Å². The Labute approximate surface area is 164 Å². The van der Waals surface area contributed by atoms with Crippen molar-refractivity contribution in [2.24, 2.45) is 0 Å². The van der Waals surface area contributed by atoms with Crippen LogP contribution in [-0.4, -0.2) is 57.4 Å². The number of hydrogen-bond donors (Lipinski definition) is 1. The highest BCUT2D eigenvalue weighted by Gasteiger charge is 2.30. The third-order valence-electron chi connectivity index (χ3n) is 4.76. The van der Waals surface area contributed by atoms with Crippen molar-refractivity contribution in [1.29, 1.82) is 0 Å². The lowest BCUT2D eigenvalue weighted by atomic mass is 10.0. The summed E-state index contributed by atoms with van der Waals surface area (Å²) in [5.74, 6) is 0.996. The number of nitrogens with zero attached hydrogens (tertiary/aromatic N) is 1. The Morgan fingerprint density at radius 1 is 1.22 bits per heavy atom. The molecule has 1 fully saturated rings. The van der Waals surface area contributed by atoms with Gasteiger partial charge in [-0.05, 0) is 30.5 Å². The first-order chi connectivity index (χ1) is 13.1. The molecule has 0 spiro atoms. The number of thiophene rings is 1. The second-order valence-corrected chi connectivity index (χ2v) is 7.42. The van der Waals surface area contributed by atoms with Gasteiger partial charge in [0.1, 0.15) is 11.5 Å². The number of carbonyl (C=O) groups excluding carboxylic acids is 1. The first-order valence-electron chi connectivity index (χ1n) is 9.02. The molecule has 0 saturated carbocycles. The number of benzene rings is 1. The number of methoxy groups -OCH3 is 2. The Morgan fingerprint density at radius 3 is 2.63 bits per heavy atom. The number of nitrogens with one attached hydrogen (secondary N) is 1. The summed E-state index contributed by atoms with van der Waals surface area (Å²) in [6.07, 6.45) is 0. The SMILES string of the molecule is COc1ccc(C(=O)N[C@H](C)[C@H](c2cccs2)N2CCOCC2)c(OC)c1. The van der Waals surface area contributed by atoms with Gasteiger partial charge in [0.15, 0.2) is 0 Å². The zero-order valence-electron chi connectivity index (χ0n) is 15.9. The third kappa shape index (κ3) is 4.61. The van der Waals surface area contributed by atoms with Crippen molar-refractivity contribution < 1.29 is 19.0 Å². The largest absolute Gasteiger partial charge is 0.497 e. The minimum atomic E-state index is -0.156. The average molecular weight is 391 g/mol. The Morgan fingerprint density at radius 2 is 2.00 bits per heavy atom. The fourth-order valence-corrected chi connectivity index (χ4v) is 4.37. The van der Waals surface area contributed by atoms with E-state index in [1.165, 1.54) is 4.88 Å². The number of rotatable bonds is 7. The Hall–Kier alpha value is -2.09. The summed E-state index contributed by atoms with van der Waals surface area (Å²) in [6.45, 7) is 5.20. The molecule has 1 amide bonds. The van der Waals surface area contributed by atoms with E-state index in [2.05, 4.69) is 27.7 Å². The van der Waals surface area contributed by atoms with Crippen molar-refractivity contribution in [3.05, 3.63) is 46.2 Å². The number of hydrogen-bond acceptors (Lipinski definition) is 6. The van der Waals surface area contributed by atoms with E-state index in [1.807, 2.05) is 6.92 Å². The summed E-state index contributed by atoms with van der Waals surface area (Å²) in [7, 11) is 3.14. The van der Waals surface area contributed by atoms with Gasteiger partial charge >= 0.3 is 0 Å². The van der Waals surface area contributed by atoms with E-state index in [4.69, 9.17) is 14.2 Å². The van der Waals surface area contributed by atoms with Gasteiger partial charge in [-0.25, -0.2) is 0 Å². The van der Waals surface area contributed by atoms with Gasteiger partial charge in [0, 0.05) is 30.1 Å². The molecule has 2 heterocycles. The first kappa shape index (κ1) is 19.7. The maximum Gasteiger partial charge on any atom is 0.255 e. The van der Waals surface area contributed by atoms with Crippen molar-refractivity contribution in [3.63, 3.8) is 0 Å². The summed E-state index contributed by atoms with van der Waals surface area (Å²) in [5, 5.41) is 5.23. The summed E-state index contributed by atoms with van der Waals surface area (Å²) in [4.78, 5) is 16.5. The molecule has 0 bridgehead atoms. The van der Waals surface area contributed by atoms with Crippen LogP contribution in [-0.2, 0) is 4.74 Å². The van der Waals surface area contributed by atoms with E-state index in [-0.39, 0.29) is 18.0 Å². The first-order valence-corrected chi connectivity index (χ1v) is 9.90. The van der Waals surface area contributed by atoms with Crippen LogP contribution < -0.4 is 14.8 Å². The van der Waals surface area contributed by atoms with Gasteiger partial charge < -0.3 is 19.5 Å². The van der Waals surface area contributed by atoms with Gasteiger partial charge in [-0.15, -0.1) is 11.3 Å². The molecule has 1 aromatic carbocycles. The van der Waals surface area contributed by atoms with Crippen LogP contribution in [0, 0.1) is 0 Å². The lowest BCUT2D eigenvalue weighted by molar-refractivity contribution is 0.00969. The predicted octanol–water partition coefficient (Wildman–Crippen LogP) is 2.96. The van der Waals surface area contributed by atoms with E-state index in [1.54, 1.807) is 43.8 Å². The number of amides is 1. The van der Waals surface area contributed by atoms with Crippen LogP contribution in [0.4, 0.5) is 0 Å². The van der Waals surface area contributed by atoms with E-state index in [0.29, 0.717) is 17.1 Å². The molecule has 1 aliphatic heterocycles. The number of ether oxygens (including phenoxy) is 3. The third-order valence-corrected chi connectivity index (χ3v) is 5.70. The van der Waals surface area contributed by atoms with Crippen LogP contribution in [0.15, 0.2) is 35.7 Å². The molecule has 2 atom stereocenters. The van der Waals surface area contributed by atoms with Crippen LogP contribution in [0.25, 0.3) is 0 Å². The average Bonchev–Trinajstić information content (AvgIpc) is 3.22. The lowest BCUT2D eigenvalue weighted by Gasteiger charge is -2.37. The monoisotopic (exact) mass is 390 g/mol. The molecular formula is C20H26N2O4S. The molecule has 0 radical (unpaired) electrons. The molecule has 7 heteroatoms. The Bertz CT molecular complexity index is 744. The van der Waals surface area contributed by atoms with Crippen molar-refractivity contribution in [2.45, 2.75) is 19.0 Å². The molecule has 27 heavy (non-hydrogen) atoms. The van der Waals surface area contributed by atoms with Crippen molar-refractivity contribution in [2.75, 3.05) is 40.5 Å². The van der Waals surface area contributed by atoms with Crippen LogP contribution in [0.1, 0.15) is 28.2 Å². The standard InChI is InChI=1S/C20H26N2O4S/c1-14(19(18-5-4-12-27-18)22-8-10-26-11-9-22)21-20(23)16-7-6-15(24-2)13-17(16)25-3/h4-7,12-14,19H,8-11H2,1-3H3,(H,21,23)/t14-,19-/m1/s1. The highest BCUT2D eigenvalue weighted by atomic mass is 32.1. The molecule has 0 unspecified atom stereocenters. The van der Waals surface area contributed by atoms with Gasteiger partial charge in [0.25, 0.3) is 5.91 Å². The second kappa shape index (κ2) is 9.21. The van der Waals surface area contributed by atoms with Crippen molar-refractivity contribution in [1.82, 2.24) is 10.2 Å². The second-order valence-electron chi connectivity index (χ2n) is 6.44. The van der Waals surface area contributed by atoms with E-state index < -0.39 is 0 Å². The molecule has 1 aromatic heterocycles. The van der Waals surface area contributed by atoms with Crippen molar-refractivity contribution >= 4 is 17.2 Å². The molecule has 6 nitrogen and oxygen atoms in total. The quantitative estimate of drug-likeness (QED) is 0.788. The summed E-state index contributed by atoms with van der Waals surface area (Å²) >= 11 is 1.71.